The van der Waals surface area contributed by atoms with Crippen molar-refractivity contribution in [2.24, 2.45) is 0 Å². The van der Waals surface area contributed by atoms with E-state index >= 15 is 0 Å². The van der Waals surface area contributed by atoms with E-state index in [9.17, 15) is 9.90 Å². The molecule has 4 heteroatoms. The summed E-state index contributed by atoms with van der Waals surface area (Å²) in [6, 6.07) is 0.332. The number of carbonyl (C=O) groups is 1. The quantitative estimate of drug-likeness (QED) is 0.858. The molecule has 1 saturated heterocycles. The molecule has 116 valence electrons. The summed E-state index contributed by atoms with van der Waals surface area (Å²) >= 11 is 0. The number of amides is 1. The predicted octanol–water partition coefficient (Wildman–Crippen LogP) is 2.01. The molecule has 2 aliphatic rings. The Morgan fingerprint density at radius 3 is 2.55 bits per heavy atom. The molecule has 2 fully saturated rings. The maximum absolute atomic E-state index is 12.6. The molecule has 0 aromatic carbocycles. The van der Waals surface area contributed by atoms with Gasteiger partial charge in [-0.15, -0.1) is 0 Å². The first-order chi connectivity index (χ1) is 9.50. The van der Waals surface area contributed by atoms with E-state index < -0.39 is 5.60 Å². The van der Waals surface area contributed by atoms with Gasteiger partial charge in [0.2, 0.25) is 5.91 Å². The minimum Gasteiger partial charge on any atom is -0.389 e. The summed E-state index contributed by atoms with van der Waals surface area (Å²) in [6.07, 6.45) is 8.66. The molecule has 1 heterocycles. The van der Waals surface area contributed by atoms with E-state index in [1.807, 2.05) is 4.90 Å². The molecule has 1 aliphatic carbocycles. The molecule has 1 atom stereocenters. The van der Waals surface area contributed by atoms with Crippen LogP contribution in [0, 0.1) is 0 Å². The predicted molar refractivity (Wildman–Crippen MR) is 80.6 cm³/mol. The third-order valence-electron chi connectivity index (χ3n) is 4.79. The first-order valence-electron chi connectivity index (χ1n) is 8.17. The lowest BCUT2D eigenvalue weighted by atomic mass is 9.82. The van der Waals surface area contributed by atoms with Crippen LogP contribution < -0.4 is 0 Å². The number of piperidine rings is 1. The molecule has 4 nitrogen and oxygen atoms in total. The summed E-state index contributed by atoms with van der Waals surface area (Å²) in [7, 11) is 4.12. The summed E-state index contributed by atoms with van der Waals surface area (Å²) in [5.74, 6) is 0.168. The molecule has 0 aromatic heterocycles. The van der Waals surface area contributed by atoms with Gasteiger partial charge in [-0.1, -0.05) is 19.3 Å². The van der Waals surface area contributed by atoms with Gasteiger partial charge in [0, 0.05) is 19.1 Å². The number of carbonyl (C=O) groups excluding carboxylic acids is 1. The maximum Gasteiger partial charge on any atom is 0.225 e. The van der Waals surface area contributed by atoms with Gasteiger partial charge in [-0.2, -0.15) is 0 Å². The lowest BCUT2D eigenvalue weighted by molar-refractivity contribution is -0.141. The van der Waals surface area contributed by atoms with Crippen molar-refractivity contribution in [1.82, 2.24) is 9.80 Å². The van der Waals surface area contributed by atoms with Crippen molar-refractivity contribution in [2.75, 3.05) is 27.2 Å². The molecule has 0 aromatic rings. The van der Waals surface area contributed by atoms with E-state index in [0.29, 0.717) is 12.5 Å². The minimum atomic E-state index is -0.727. The first kappa shape index (κ1) is 15.8. The van der Waals surface area contributed by atoms with Gasteiger partial charge in [-0.3, -0.25) is 4.79 Å². The average Bonchev–Trinajstić information content (AvgIpc) is 2.38. The first-order valence-corrected chi connectivity index (χ1v) is 8.17. The Morgan fingerprint density at radius 1 is 1.20 bits per heavy atom. The highest BCUT2D eigenvalue weighted by Gasteiger charge is 2.35. The number of hydrogen-bond acceptors (Lipinski definition) is 3. The zero-order chi connectivity index (χ0) is 14.6. The third kappa shape index (κ3) is 4.19. The van der Waals surface area contributed by atoms with Gasteiger partial charge in [-0.25, -0.2) is 0 Å². The lowest BCUT2D eigenvalue weighted by Gasteiger charge is -2.40. The Morgan fingerprint density at radius 2 is 1.90 bits per heavy atom. The van der Waals surface area contributed by atoms with Crippen LogP contribution in [0.1, 0.15) is 57.8 Å². The zero-order valence-corrected chi connectivity index (χ0v) is 13.1. The van der Waals surface area contributed by atoms with Gasteiger partial charge in [0.25, 0.3) is 0 Å². The number of likely N-dealkylation sites (tertiary alicyclic amines) is 1. The summed E-state index contributed by atoms with van der Waals surface area (Å²) < 4.78 is 0. The molecule has 1 amide bonds. The Balaban J connectivity index is 1.94. The monoisotopic (exact) mass is 282 g/mol. The molecule has 20 heavy (non-hydrogen) atoms. The van der Waals surface area contributed by atoms with Crippen LogP contribution in [-0.4, -0.2) is 59.6 Å². The van der Waals surface area contributed by atoms with Crippen molar-refractivity contribution in [3.63, 3.8) is 0 Å². The molecule has 1 aliphatic heterocycles. The number of aliphatic hydroxyl groups is 1. The highest BCUT2D eigenvalue weighted by atomic mass is 16.3. The van der Waals surface area contributed by atoms with Crippen LogP contribution in [-0.2, 0) is 4.79 Å². The topological polar surface area (TPSA) is 43.8 Å². The largest absolute Gasteiger partial charge is 0.389 e. The second-order valence-electron chi connectivity index (χ2n) is 6.96. The minimum absolute atomic E-state index is 0.168. The molecular formula is C16H30N2O2. The normalized spacial score (nSPS) is 26.8. The highest BCUT2D eigenvalue weighted by Crippen LogP contribution is 2.32. The van der Waals surface area contributed by atoms with Crippen molar-refractivity contribution in [3.8, 4) is 0 Å². The fraction of sp³-hybridized carbons (Fsp3) is 0.938. The molecule has 1 unspecified atom stereocenters. The zero-order valence-electron chi connectivity index (χ0n) is 13.1. The summed E-state index contributed by atoms with van der Waals surface area (Å²) in [5.41, 5.74) is -0.727. The molecule has 1 N–H and O–H groups in total. The van der Waals surface area contributed by atoms with E-state index in [4.69, 9.17) is 0 Å². The number of hydrogen-bond donors (Lipinski definition) is 1. The molecule has 1 saturated carbocycles. The van der Waals surface area contributed by atoms with Crippen LogP contribution >= 0.6 is 0 Å². The van der Waals surface area contributed by atoms with Crippen LogP contribution in [0.15, 0.2) is 0 Å². The summed E-state index contributed by atoms with van der Waals surface area (Å²) in [6.45, 7) is 1.80. The van der Waals surface area contributed by atoms with E-state index in [1.165, 1.54) is 12.8 Å². The Bertz CT molecular complexity index is 324. The number of likely N-dealkylation sites (N-methyl/N-ethyl adjacent to an activating group) is 1. The molecular weight excluding hydrogens is 252 g/mol. The van der Waals surface area contributed by atoms with Crippen LogP contribution in [0.25, 0.3) is 0 Å². The lowest BCUT2D eigenvalue weighted by Crippen LogP contribution is -2.50. The molecule has 2 rings (SSSR count). The Labute approximate surface area is 123 Å². The van der Waals surface area contributed by atoms with Gasteiger partial charge < -0.3 is 14.9 Å². The van der Waals surface area contributed by atoms with Gasteiger partial charge in [-0.05, 0) is 46.2 Å². The van der Waals surface area contributed by atoms with Crippen LogP contribution in [0.4, 0.5) is 0 Å². The van der Waals surface area contributed by atoms with Crippen molar-refractivity contribution in [1.29, 1.82) is 0 Å². The molecule has 0 bridgehead atoms. The Kier molecular flexibility index (Phi) is 5.44. The standard InChI is InChI=1S/C16H30N2O2/c1-17(2)13-14-8-4-7-11-18(14)15(19)12-16(20)9-5-3-6-10-16/h14,20H,3-13H2,1-2H3. The molecule has 0 radical (unpaired) electrons. The van der Waals surface area contributed by atoms with Crippen LogP contribution in [0.2, 0.25) is 0 Å². The van der Waals surface area contributed by atoms with Crippen molar-refractivity contribution >= 4 is 5.91 Å². The number of nitrogens with zero attached hydrogens (tertiary/aromatic N) is 2. The van der Waals surface area contributed by atoms with Crippen molar-refractivity contribution in [2.45, 2.75) is 69.4 Å². The maximum atomic E-state index is 12.6. The van der Waals surface area contributed by atoms with Gasteiger partial charge in [0.1, 0.15) is 0 Å². The van der Waals surface area contributed by atoms with Gasteiger partial charge >= 0.3 is 0 Å². The van der Waals surface area contributed by atoms with E-state index in [-0.39, 0.29) is 5.91 Å². The molecule has 0 spiro atoms. The third-order valence-corrected chi connectivity index (χ3v) is 4.79. The van der Waals surface area contributed by atoms with Crippen molar-refractivity contribution < 1.29 is 9.90 Å². The second kappa shape index (κ2) is 6.90. The van der Waals surface area contributed by atoms with Crippen LogP contribution in [0.3, 0.4) is 0 Å². The summed E-state index contributed by atoms with van der Waals surface area (Å²) in [5, 5.41) is 10.6. The van der Waals surface area contributed by atoms with E-state index in [2.05, 4.69) is 19.0 Å². The fourth-order valence-electron chi connectivity index (χ4n) is 3.71. The number of rotatable bonds is 4. The second-order valence-corrected chi connectivity index (χ2v) is 6.96. The van der Waals surface area contributed by atoms with Gasteiger partial charge in [0.05, 0.1) is 12.0 Å². The van der Waals surface area contributed by atoms with E-state index in [1.54, 1.807) is 0 Å². The van der Waals surface area contributed by atoms with E-state index in [0.717, 1.165) is 51.6 Å². The smallest absolute Gasteiger partial charge is 0.225 e. The average molecular weight is 282 g/mol. The Hall–Kier alpha value is -0.610. The SMILES string of the molecule is CN(C)CC1CCCCN1C(=O)CC1(O)CCCCC1. The highest BCUT2D eigenvalue weighted by molar-refractivity contribution is 5.77. The van der Waals surface area contributed by atoms with Gasteiger partial charge in [0.15, 0.2) is 0 Å². The van der Waals surface area contributed by atoms with Crippen LogP contribution in [0.5, 0.6) is 0 Å². The van der Waals surface area contributed by atoms with Crippen molar-refractivity contribution in [3.05, 3.63) is 0 Å². The summed E-state index contributed by atoms with van der Waals surface area (Å²) in [4.78, 5) is 16.8. The fourth-order valence-corrected chi connectivity index (χ4v) is 3.71.